The Morgan fingerprint density at radius 1 is 1.04 bits per heavy atom. The molecule has 5 nitrogen and oxygen atoms in total. The molecule has 2 aromatic carbocycles. The molecule has 0 saturated carbocycles. The van der Waals surface area contributed by atoms with Crippen molar-refractivity contribution in [2.75, 3.05) is 32.3 Å². The van der Waals surface area contributed by atoms with Gasteiger partial charge in [0.1, 0.15) is 5.75 Å². The van der Waals surface area contributed by atoms with Crippen LogP contribution in [0.25, 0.3) is 0 Å². The Bertz CT molecular complexity index is 761. The number of benzene rings is 2. The zero-order valence-electron chi connectivity index (χ0n) is 15.4. The van der Waals surface area contributed by atoms with Crippen molar-refractivity contribution in [3.05, 3.63) is 53.6 Å². The van der Waals surface area contributed by atoms with Gasteiger partial charge in [0, 0.05) is 18.1 Å². The van der Waals surface area contributed by atoms with Crippen molar-refractivity contribution in [3.63, 3.8) is 0 Å². The van der Waals surface area contributed by atoms with E-state index in [0.717, 1.165) is 11.3 Å². The van der Waals surface area contributed by atoms with E-state index in [9.17, 15) is 4.79 Å². The first-order valence-electron chi connectivity index (χ1n) is 8.63. The number of amides is 1. The zero-order chi connectivity index (χ0) is 19.1. The molecule has 1 aliphatic rings. The van der Waals surface area contributed by atoms with Gasteiger partial charge in [-0.05, 0) is 35.4 Å². The molecule has 0 radical (unpaired) electrons. The Morgan fingerprint density at radius 3 is 2.44 bits per heavy atom. The molecular formula is C20H23NO4S2. The number of carbonyl (C=O) groups excluding carboxylic acids is 1. The van der Waals surface area contributed by atoms with Gasteiger partial charge in [-0.15, -0.1) is 23.5 Å². The van der Waals surface area contributed by atoms with Gasteiger partial charge in [-0.2, -0.15) is 0 Å². The molecule has 1 saturated heterocycles. The van der Waals surface area contributed by atoms with Crippen molar-refractivity contribution in [3.8, 4) is 17.2 Å². The number of hydrogen-bond acceptors (Lipinski definition) is 6. The third kappa shape index (κ3) is 5.49. The van der Waals surface area contributed by atoms with E-state index in [1.165, 1.54) is 17.1 Å². The van der Waals surface area contributed by atoms with E-state index in [1.54, 1.807) is 14.2 Å². The fraction of sp³-hybridized carbons (Fsp3) is 0.350. The predicted octanol–water partition coefficient (Wildman–Crippen LogP) is 3.88. The Labute approximate surface area is 168 Å². The quantitative estimate of drug-likeness (QED) is 0.719. The summed E-state index contributed by atoms with van der Waals surface area (Å²) in [4.78, 5) is 12.1. The summed E-state index contributed by atoms with van der Waals surface area (Å²) in [5, 5.41) is 2.85. The normalized spacial score (nSPS) is 14.0. The van der Waals surface area contributed by atoms with E-state index in [4.69, 9.17) is 14.2 Å². The molecule has 144 valence electrons. The minimum absolute atomic E-state index is 0.0568. The highest BCUT2D eigenvalue weighted by atomic mass is 32.2. The van der Waals surface area contributed by atoms with Crippen LogP contribution in [0.2, 0.25) is 0 Å². The van der Waals surface area contributed by atoms with Gasteiger partial charge in [-0.25, -0.2) is 0 Å². The van der Waals surface area contributed by atoms with Crippen LogP contribution in [0, 0.1) is 0 Å². The van der Waals surface area contributed by atoms with Crippen LogP contribution in [-0.4, -0.2) is 38.2 Å². The van der Waals surface area contributed by atoms with Crippen LogP contribution in [0.5, 0.6) is 17.2 Å². The third-order valence-corrected chi connectivity index (χ3v) is 7.19. The van der Waals surface area contributed by atoms with E-state index in [0.29, 0.717) is 22.6 Å². The first kappa shape index (κ1) is 19.8. The van der Waals surface area contributed by atoms with Gasteiger partial charge in [0.2, 0.25) is 0 Å². The zero-order valence-corrected chi connectivity index (χ0v) is 17.0. The van der Waals surface area contributed by atoms with Gasteiger partial charge in [0.15, 0.2) is 18.1 Å². The molecule has 1 amide bonds. The molecule has 7 heteroatoms. The van der Waals surface area contributed by atoms with Crippen molar-refractivity contribution in [2.24, 2.45) is 0 Å². The molecule has 0 aromatic heterocycles. The number of rotatable bonds is 8. The molecule has 27 heavy (non-hydrogen) atoms. The lowest BCUT2D eigenvalue weighted by atomic mass is 10.2. The summed E-state index contributed by atoms with van der Waals surface area (Å²) in [6.45, 7) is 0.386. The summed E-state index contributed by atoms with van der Waals surface area (Å²) in [5.41, 5.74) is 2.22. The van der Waals surface area contributed by atoms with Gasteiger partial charge in [0.05, 0.1) is 18.8 Å². The SMILES string of the molecule is COc1ccc(CNC(=O)COc2ccc(C3SCCS3)cc2OC)cc1. The predicted molar refractivity (Wildman–Crippen MR) is 111 cm³/mol. The van der Waals surface area contributed by atoms with E-state index >= 15 is 0 Å². The number of methoxy groups -OCH3 is 2. The summed E-state index contributed by atoms with van der Waals surface area (Å²) < 4.78 is 16.7. The summed E-state index contributed by atoms with van der Waals surface area (Å²) in [6, 6.07) is 13.5. The molecule has 0 spiro atoms. The Hall–Kier alpha value is -1.99. The van der Waals surface area contributed by atoms with Crippen molar-refractivity contribution < 1.29 is 19.0 Å². The molecule has 1 heterocycles. The molecule has 0 aliphatic carbocycles. The van der Waals surface area contributed by atoms with Crippen LogP contribution in [0.15, 0.2) is 42.5 Å². The van der Waals surface area contributed by atoms with Crippen LogP contribution >= 0.6 is 23.5 Å². The maximum atomic E-state index is 12.1. The monoisotopic (exact) mass is 405 g/mol. The van der Waals surface area contributed by atoms with Gasteiger partial charge in [0.25, 0.3) is 5.91 Å². The fourth-order valence-corrected chi connectivity index (χ4v) is 5.48. The molecule has 3 rings (SSSR count). The second-order valence-corrected chi connectivity index (χ2v) is 8.62. The molecule has 2 aromatic rings. The lowest BCUT2D eigenvalue weighted by Gasteiger charge is -2.14. The molecule has 0 bridgehead atoms. The second kappa shape index (κ2) is 9.80. The average molecular weight is 406 g/mol. The van der Waals surface area contributed by atoms with E-state index in [2.05, 4.69) is 5.32 Å². The topological polar surface area (TPSA) is 56.8 Å². The second-order valence-electron chi connectivity index (χ2n) is 5.90. The van der Waals surface area contributed by atoms with Crippen LogP contribution in [0.4, 0.5) is 0 Å². The first-order valence-corrected chi connectivity index (χ1v) is 10.7. The summed E-state index contributed by atoms with van der Waals surface area (Å²) in [6.07, 6.45) is 0. The lowest BCUT2D eigenvalue weighted by Crippen LogP contribution is -2.28. The average Bonchev–Trinajstić information content (AvgIpc) is 3.25. The summed E-state index contributed by atoms with van der Waals surface area (Å²) >= 11 is 3.88. The first-order chi connectivity index (χ1) is 13.2. The van der Waals surface area contributed by atoms with E-state index < -0.39 is 0 Å². The molecular weight excluding hydrogens is 382 g/mol. The maximum absolute atomic E-state index is 12.1. The van der Waals surface area contributed by atoms with Crippen molar-refractivity contribution in [1.29, 1.82) is 0 Å². The van der Waals surface area contributed by atoms with Gasteiger partial charge < -0.3 is 19.5 Å². The van der Waals surface area contributed by atoms with Crippen LogP contribution in [-0.2, 0) is 11.3 Å². The molecule has 0 unspecified atom stereocenters. The number of thioether (sulfide) groups is 2. The molecule has 1 aliphatic heterocycles. The minimum atomic E-state index is -0.182. The van der Waals surface area contributed by atoms with Crippen molar-refractivity contribution in [2.45, 2.75) is 11.1 Å². The van der Waals surface area contributed by atoms with Crippen molar-refractivity contribution in [1.82, 2.24) is 5.32 Å². The standard InChI is InChI=1S/C20H23NO4S2/c1-23-16-6-3-14(4-7-16)12-21-19(22)13-25-17-8-5-15(11-18(17)24-2)20-26-9-10-27-20/h3-8,11,20H,9-10,12-13H2,1-2H3,(H,21,22). The Kier molecular flexibility index (Phi) is 7.18. The Balaban J connectivity index is 1.51. The highest BCUT2D eigenvalue weighted by Crippen LogP contribution is 2.46. The number of carbonyl (C=O) groups is 1. The van der Waals surface area contributed by atoms with Crippen LogP contribution < -0.4 is 19.5 Å². The summed E-state index contributed by atoms with van der Waals surface area (Å²) in [5.74, 6) is 4.18. The van der Waals surface area contributed by atoms with Crippen LogP contribution in [0.3, 0.4) is 0 Å². The minimum Gasteiger partial charge on any atom is -0.497 e. The molecule has 1 N–H and O–H groups in total. The highest BCUT2D eigenvalue weighted by molar-refractivity contribution is 8.19. The van der Waals surface area contributed by atoms with Gasteiger partial charge in [-0.3, -0.25) is 4.79 Å². The molecule has 1 fully saturated rings. The van der Waals surface area contributed by atoms with Gasteiger partial charge >= 0.3 is 0 Å². The summed E-state index contributed by atoms with van der Waals surface area (Å²) in [7, 11) is 3.24. The lowest BCUT2D eigenvalue weighted by molar-refractivity contribution is -0.123. The van der Waals surface area contributed by atoms with E-state index in [-0.39, 0.29) is 12.5 Å². The number of nitrogens with one attached hydrogen (secondary N) is 1. The Morgan fingerprint density at radius 2 is 1.78 bits per heavy atom. The van der Waals surface area contributed by atoms with Crippen molar-refractivity contribution >= 4 is 29.4 Å². The van der Waals surface area contributed by atoms with E-state index in [1.807, 2.05) is 66.0 Å². The van der Waals surface area contributed by atoms with Gasteiger partial charge in [-0.1, -0.05) is 18.2 Å². The largest absolute Gasteiger partial charge is 0.497 e. The maximum Gasteiger partial charge on any atom is 0.258 e. The fourth-order valence-electron chi connectivity index (χ4n) is 2.64. The number of ether oxygens (including phenoxy) is 3. The van der Waals surface area contributed by atoms with Crippen LogP contribution in [0.1, 0.15) is 15.7 Å². The highest BCUT2D eigenvalue weighted by Gasteiger charge is 2.20. The molecule has 0 atom stereocenters. The smallest absolute Gasteiger partial charge is 0.258 e. The third-order valence-electron chi connectivity index (χ3n) is 4.09. The number of hydrogen-bond donors (Lipinski definition) is 1.